The van der Waals surface area contributed by atoms with Crippen LogP contribution in [0, 0.1) is 17.3 Å². The molecule has 4 aliphatic heterocycles. The largest absolute Gasteiger partial charge is 0.484 e. The van der Waals surface area contributed by atoms with Crippen LogP contribution in [0.4, 0.5) is 0 Å². The number of ether oxygens (including phenoxy) is 5. The second-order valence-corrected chi connectivity index (χ2v) is 17.8. The van der Waals surface area contributed by atoms with Gasteiger partial charge in [-0.15, -0.1) is 0 Å². The number of rotatable bonds is 15. The smallest absolute Gasteiger partial charge is 0.306 e. The Morgan fingerprint density at radius 3 is 1.87 bits per heavy atom. The lowest BCUT2D eigenvalue weighted by molar-refractivity contribution is -0.146. The van der Waals surface area contributed by atoms with Crippen LogP contribution in [-0.2, 0) is 33.8 Å². The molecule has 0 radical (unpaired) electrons. The molecule has 60 heavy (non-hydrogen) atoms. The number of benzene rings is 2. The molecule has 12 heteroatoms. The number of hydrogen-bond donors (Lipinski definition) is 1. The molecule has 0 amide bonds. The number of carboxylic acids is 1. The topological polar surface area (TPSA) is 133 Å². The standard InChI is InChI=1S/C48H58N4O8/c1-48(2,28-39-13-14-41-47(50-39)60-43(32-58-41)38-11-7-36(8-12-38)29-51-21-15-33(16-22-51)26-44(53)54)19-25-56-45(55)27-34-17-23-52(24-18-34)30-35-5-9-37(10-6-35)42-31-57-40-4-3-20-49-46(40)59-42/h3-14,20,33-34,42-43H,15-19,21-32H2,1-2H3,(H,53,54)/t42-,43-/m1/s1. The highest BCUT2D eigenvalue weighted by Gasteiger charge is 2.29. The van der Waals surface area contributed by atoms with Crippen LogP contribution in [0.5, 0.6) is 23.3 Å². The Hall–Kier alpha value is -5.20. The van der Waals surface area contributed by atoms with Crippen molar-refractivity contribution in [2.24, 2.45) is 17.3 Å². The van der Waals surface area contributed by atoms with E-state index in [1.54, 1.807) is 6.20 Å². The lowest BCUT2D eigenvalue weighted by Crippen LogP contribution is -2.34. The van der Waals surface area contributed by atoms with E-state index in [-0.39, 0.29) is 35.9 Å². The van der Waals surface area contributed by atoms with Crippen molar-refractivity contribution < 1.29 is 38.4 Å². The van der Waals surface area contributed by atoms with Gasteiger partial charge in [-0.25, -0.2) is 9.97 Å². The average Bonchev–Trinajstić information content (AvgIpc) is 3.25. The molecule has 4 aromatic rings. The van der Waals surface area contributed by atoms with Gasteiger partial charge in [0.25, 0.3) is 11.8 Å². The highest BCUT2D eigenvalue weighted by atomic mass is 16.6. The summed E-state index contributed by atoms with van der Waals surface area (Å²) in [6.45, 7) is 11.1. The average molecular weight is 819 g/mol. The van der Waals surface area contributed by atoms with E-state index in [4.69, 9.17) is 33.8 Å². The third kappa shape index (κ3) is 11.1. The van der Waals surface area contributed by atoms with Crippen LogP contribution in [0.25, 0.3) is 0 Å². The van der Waals surface area contributed by atoms with Gasteiger partial charge in [-0.2, -0.15) is 0 Å². The van der Waals surface area contributed by atoms with E-state index < -0.39 is 5.97 Å². The van der Waals surface area contributed by atoms with Crippen LogP contribution >= 0.6 is 0 Å². The molecule has 2 fully saturated rings. The summed E-state index contributed by atoms with van der Waals surface area (Å²) in [5.41, 5.74) is 5.37. The molecule has 6 heterocycles. The zero-order chi connectivity index (χ0) is 41.5. The molecule has 1 N–H and O–H groups in total. The van der Waals surface area contributed by atoms with Crippen molar-refractivity contribution in [2.45, 2.75) is 90.5 Å². The Labute approximate surface area is 353 Å². The summed E-state index contributed by atoms with van der Waals surface area (Å²) in [6.07, 6.45) is 7.29. The Morgan fingerprint density at radius 2 is 1.28 bits per heavy atom. The molecule has 2 saturated heterocycles. The summed E-state index contributed by atoms with van der Waals surface area (Å²) in [4.78, 5) is 38.0. The maximum absolute atomic E-state index is 12.9. The predicted molar refractivity (Wildman–Crippen MR) is 225 cm³/mol. The van der Waals surface area contributed by atoms with E-state index in [1.807, 2.05) is 24.3 Å². The normalized spacial score (nSPS) is 20.1. The summed E-state index contributed by atoms with van der Waals surface area (Å²) in [6, 6.07) is 24.7. The first-order valence-electron chi connectivity index (χ1n) is 21.6. The lowest BCUT2D eigenvalue weighted by Gasteiger charge is -2.32. The van der Waals surface area contributed by atoms with E-state index in [2.05, 4.69) is 77.2 Å². The van der Waals surface area contributed by atoms with E-state index >= 15 is 0 Å². The highest BCUT2D eigenvalue weighted by molar-refractivity contribution is 5.69. The molecule has 2 aromatic carbocycles. The highest BCUT2D eigenvalue weighted by Crippen LogP contribution is 2.37. The molecule has 0 spiro atoms. The zero-order valence-corrected chi connectivity index (χ0v) is 34.9. The van der Waals surface area contributed by atoms with Crippen molar-refractivity contribution >= 4 is 11.9 Å². The molecule has 0 aliphatic carbocycles. The van der Waals surface area contributed by atoms with E-state index in [1.165, 1.54) is 11.1 Å². The van der Waals surface area contributed by atoms with Gasteiger partial charge in [-0.3, -0.25) is 19.4 Å². The van der Waals surface area contributed by atoms with Crippen molar-refractivity contribution in [3.05, 3.63) is 107 Å². The molecular formula is C48H58N4O8. The van der Waals surface area contributed by atoms with Crippen molar-refractivity contribution in [3.63, 3.8) is 0 Å². The maximum atomic E-state index is 12.9. The van der Waals surface area contributed by atoms with Crippen molar-refractivity contribution in [2.75, 3.05) is 46.0 Å². The lowest BCUT2D eigenvalue weighted by atomic mass is 9.84. The number of piperidine rings is 2. The second kappa shape index (κ2) is 19.0. The zero-order valence-electron chi connectivity index (χ0n) is 34.9. The van der Waals surface area contributed by atoms with Gasteiger partial charge in [0.15, 0.2) is 23.7 Å². The van der Waals surface area contributed by atoms with E-state index in [0.717, 1.165) is 88.2 Å². The second-order valence-electron chi connectivity index (χ2n) is 17.8. The summed E-state index contributed by atoms with van der Waals surface area (Å²) in [5, 5.41) is 9.10. The quantitative estimate of drug-likeness (QED) is 0.117. The Morgan fingerprint density at radius 1 is 0.733 bits per heavy atom. The molecule has 4 aliphatic rings. The maximum Gasteiger partial charge on any atom is 0.306 e. The molecule has 0 saturated carbocycles. The molecule has 2 atom stereocenters. The molecule has 2 aromatic heterocycles. The number of likely N-dealkylation sites (tertiary alicyclic amines) is 2. The van der Waals surface area contributed by atoms with Gasteiger partial charge in [-0.1, -0.05) is 62.4 Å². The fourth-order valence-electron chi connectivity index (χ4n) is 8.78. The number of carbonyl (C=O) groups excluding carboxylic acids is 1. The number of hydrogen-bond acceptors (Lipinski definition) is 11. The number of carbonyl (C=O) groups is 2. The SMILES string of the molecule is CC(C)(CCOC(=O)CC1CCN(Cc2ccc([C@H]3COc4cccnc4O3)cc2)CC1)Cc1ccc2c(n1)O[C@@H](c1ccc(CN3CCC(CC(=O)O)CC3)cc1)CO2. The molecule has 318 valence electrons. The first-order valence-corrected chi connectivity index (χ1v) is 21.6. The molecule has 12 nitrogen and oxygen atoms in total. The minimum atomic E-state index is -0.701. The van der Waals surface area contributed by atoms with Gasteiger partial charge in [0.1, 0.15) is 13.2 Å². The number of esters is 1. The van der Waals surface area contributed by atoms with Crippen LogP contribution in [-0.4, -0.2) is 82.8 Å². The predicted octanol–water partition coefficient (Wildman–Crippen LogP) is 7.99. The third-order valence-electron chi connectivity index (χ3n) is 12.5. The summed E-state index contributed by atoms with van der Waals surface area (Å²) in [5.74, 6) is 2.19. The van der Waals surface area contributed by atoms with Gasteiger partial charge < -0.3 is 28.8 Å². The Balaban J connectivity index is 0.727. The van der Waals surface area contributed by atoms with Crippen molar-refractivity contribution in [3.8, 4) is 23.3 Å². The fraction of sp³-hybridized carbons (Fsp3) is 0.500. The summed E-state index contributed by atoms with van der Waals surface area (Å²) >= 11 is 0. The van der Waals surface area contributed by atoms with Gasteiger partial charge in [0.2, 0.25) is 0 Å². The van der Waals surface area contributed by atoms with Gasteiger partial charge in [0, 0.05) is 37.8 Å². The first-order chi connectivity index (χ1) is 29.1. The minimum Gasteiger partial charge on any atom is -0.484 e. The number of nitrogens with zero attached hydrogens (tertiary/aromatic N) is 4. The summed E-state index contributed by atoms with van der Waals surface area (Å²) in [7, 11) is 0. The molecular weight excluding hydrogens is 761 g/mol. The van der Waals surface area contributed by atoms with E-state index in [9.17, 15) is 9.59 Å². The van der Waals surface area contributed by atoms with Crippen LogP contribution in [0.2, 0.25) is 0 Å². The number of aromatic nitrogens is 2. The molecule has 0 bridgehead atoms. The molecule has 0 unspecified atom stereocenters. The van der Waals surface area contributed by atoms with Crippen LogP contribution in [0.1, 0.15) is 98.9 Å². The fourth-order valence-corrected chi connectivity index (χ4v) is 8.78. The number of fused-ring (bicyclic) bond motifs is 2. The Kier molecular flexibility index (Phi) is 13.2. The number of carboxylic acid groups (broad SMARTS) is 1. The van der Waals surface area contributed by atoms with Crippen LogP contribution < -0.4 is 18.9 Å². The Bertz CT molecular complexity index is 2060. The van der Waals surface area contributed by atoms with Crippen LogP contribution in [0.3, 0.4) is 0 Å². The minimum absolute atomic E-state index is 0.110. The van der Waals surface area contributed by atoms with Gasteiger partial charge in [0.05, 0.1) is 6.61 Å². The van der Waals surface area contributed by atoms with Crippen molar-refractivity contribution in [1.82, 2.24) is 19.8 Å². The monoisotopic (exact) mass is 818 g/mol. The van der Waals surface area contributed by atoms with Gasteiger partial charge in [-0.05, 0) is 128 Å². The summed E-state index contributed by atoms with van der Waals surface area (Å²) < 4.78 is 30.1. The van der Waals surface area contributed by atoms with Crippen molar-refractivity contribution in [1.29, 1.82) is 0 Å². The third-order valence-corrected chi connectivity index (χ3v) is 12.5. The number of aliphatic carboxylic acids is 1. The van der Waals surface area contributed by atoms with Gasteiger partial charge >= 0.3 is 11.9 Å². The van der Waals surface area contributed by atoms with Crippen LogP contribution in [0.15, 0.2) is 79.0 Å². The first kappa shape index (κ1) is 41.5. The molecule has 8 rings (SSSR count). The number of pyridine rings is 2. The van der Waals surface area contributed by atoms with E-state index in [0.29, 0.717) is 61.8 Å².